The molecule has 3 rings (SSSR count). The average Bonchev–Trinajstić information content (AvgIpc) is 2.72. The predicted molar refractivity (Wildman–Crippen MR) is 129 cm³/mol. The Morgan fingerprint density at radius 2 is 1.31 bits per heavy atom. The van der Waals surface area contributed by atoms with Crippen molar-refractivity contribution in [3.05, 3.63) is 89.5 Å². The van der Waals surface area contributed by atoms with E-state index in [1.165, 1.54) is 0 Å². The number of aryl methyl sites for hydroxylation is 1. The molecule has 0 aromatic heterocycles. The first-order valence-corrected chi connectivity index (χ1v) is 13.7. The van der Waals surface area contributed by atoms with Crippen LogP contribution in [0.1, 0.15) is 37.5 Å². The van der Waals surface area contributed by atoms with Crippen LogP contribution in [0.15, 0.2) is 66.7 Å². The molecule has 0 N–H and O–H groups in total. The van der Waals surface area contributed by atoms with Crippen LogP contribution in [0.25, 0.3) is 0 Å². The average molecular weight is 441 g/mol. The minimum Gasteiger partial charge on any atom is -0.564 e. The van der Waals surface area contributed by atoms with Crippen molar-refractivity contribution >= 4 is 8.32 Å². The number of ether oxygens (including phenoxy) is 2. The van der Waals surface area contributed by atoms with Crippen molar-refractivity contribution < 1.29 is 32.8 Å². The number of benzene rings is 3. The van der Waals surface area contributed by atoms with Crippen molar-refractivity contribution in [3.8, 4) is 17.2 Å². The Hall–Kier alpha value is -2.13. The number of rotatable bonds is 8. The van der Waals surface area contributed by atoms with E-state index in [2.05, 4.69) is 64.2 Å². The Morgan fingerprint density at radius 1 is 0.812 bits per heavy atom. The molecule has 0 heterocycles. The van der Waals surface area contributed by atoms with Crippen LogP contribution in [0.4, 0.5) is 0 Å². The fourth-order valence-electron chi connectivity index (χ4n) is 2.88. The summed E-state index contributed by atoms with van der Waals surface area (Å²) in [5.41, 5.74) is 3.10. The van der Waals surface area contributed by atoms with Crippen LogP contribution in [0.2, 0.25) is 18.1 Å². The molecule has 0 bridgehead atoms. The zero-order valence-electron chi connectivity index (χ0n) is 20.5. The molecule has 0 aliphatic rings. The summed E-state index contributed by atoms with van der Waals surface area (Å²) in [5.74, 6) is 2.12. The van der Waals surface area contributed by atoms with Gasteiger partial charge in [-0.2, -0.15) is 0 Å². The van der Waals surface area contributed by atoms with E-state index in [1.54, 1.807) is 0 Å². The van der Waals surface area contributed by atoms with E-state index >= 15 is 0 Å². The van der Waals surface area contributed by atoms with Crippen molar-refractivity contribution in [1.29, 1.82) is 0 Å². The molecular formula is C27H33LiO3Si. The van der Waals surface area contributed by atoms with Crippen LogP contribution in [-0.4, -0.2) is 8.32 Å². The fraction of sp³-hybridized carbons (Fsp3) is 0.333. The van der Waals surface area contributed by atoms with Gasteiger partial charge in [0.1, 0.15) is 6.61 Å². The normalized spacial score (nSPS) is 11.4. The summed E-state index contributed by atoms with van der Waals surface area (Å²) in [6, 6.07) is 25.6. The van der Waals surface area contributed by atoms with Gasteiger partial charge in [-0.25, -0.2) is 0 Å². The Morgan fingerprint density at radius 3 is 1.81 bits per heavy atom. The van der Waals surface area contributed by atoms with Gasteiger partial charge >= 0.3 is 18.9 Å². The molecule has 32 heavy (non-hydrogen) atoms. The first kappa shape index (κ1) is 26.1. The second-order valence-electron chi connectivity index (χ2n) is 9.36. The second kappa shape index (κ2) is 11.1. The van der Waals surface area contributed by atoms with Crippen molar-refractivity contribution in [2.45, 2.75) is 59.0 Å². The van der Waals surface area contributed by atoms with E-state index in [4.69, 9.17) is 13.9 Å². The third-order valence-electron chi connectivity index (χ3n) is 5.77. The predicted octanol–water partition coefficient (Wildman–Crippen LogP) is 4.34. The minimum atomic E-state index is -1.99. The summed E-state index contributed by atoms with van der Waals surface area (Å²) in [6.07, 6.45) is 0. The van der Waals surface area contributed by atoms with Crippen molar-refractivity contribution in [2.75, 3.05) is 0 Å². The Bertz CT molecular complexity index is 983. The maximum atomic E-state index is 6.51. The molecule has 0 aliphatic heterocycles. The summed E-state index contributed by atoms with van der Waals surface area (Å²) in [5, 5.41) is 0.0995. The Labute approximate surface area is 206 Å². The molecule has 0 saturated heterocycles. The van der Waals surface area contributed by atoms with Crippen LogP contribution >= 0.6 is 0 Å². The van der Waals surface area contributed by atoms with Crippen LogP contribution in [0, 0.1) is 13.0 Å². The monoisotopic (exact) mass is 440 g/mol. The number of hydrogen-bond donors (Lipinski definition) is 0. The van der Waals surface area contributed by atoms with E-state index in [1.807, 2.05) is 49.4 Å². The minimum absolute atomic E-state index is 0. The zero-order chi connectivity index (χ0) is 22.5. The molecule has 0 radical (unpaired) electrons. The van der Waals surface area contributed by atoms with Gasteiger partial charge in [0.25, 0.3) is 0 Å². The van der Waals surface area contributed by atoms with Crippen LogP contribution < -0.4 is 32.8 Å². The summed E-state index contributed by atoms with van der Waals surface area (Å²) < 4.78 is 18.9. The van der Waals surface area contributed by atoms with E-state index in [0.717, 1.165) is 22.4 Å². The molecule has 3 aromatic carbocycles. The van der Waals surface area contributed by atoms with Crippen molar-refractivity contribution in [3.63, 3.8) is 0 Å². The Kier molecular flexibility index (Phi) is 9.10. The first-order chi connectivity index (χ1) is 14.7. The van der Waals surface area contributed by atoms with Gasteiger partial charge in [0.2, 0.25) is 8.32 Å². The molecule has 0 unspecified atom stereocenters. The van der Waals surface area contributed by atoms with Gasteiger partial charge in [0.05, 0.1) is 18.1 Å². The second-order valence-corrected chi connectivity index (χ2v) is 14.1. The SMILES string of the molecule is Cc1[c-]c(O[Si](C)(C)C(C)(C)C)cc(OCc2ccccc2)c1OCc1ccccc1.[Li+]. The molecule has 0 amide bonds. The molecule has 3 aromatic rings. The van der Waals surface area contributed by atoms with Gasteiger partial charge in [-0.05, 0) is 35.0 Å². The largest absolute Gasteiger partial charge is 1.00 e. The molecule has 5 heteroatoms. The van der Waals surface area contributed by atoms with Crippen molar-refractivity contribution in [1.82, 2.24) is 0 Å². The molecule has 3 nitrogen and oxygen atoms in total. The topological polar surface area (TPSA) is 27.7 Å². The van der Waals surface area contributed by atoms with E-state index in [9.17, 15) is 0 Å². The third kappa shape index (κ3) is 6.94. The van der Waals surface area contributed by atoms with Gasteiger partial charge in [0.15, 0.2) is 0 Å². The fourth-order valence-corrected chi connectivity index (χ4v) is 3.85. The van der Waals surface area contributed by atoms with Gasteiger partial charge in [0, 0.05) is 0 Å². The Balaban J connectivity index is 0.00000363. The number of hydrogen-bond acceptors (Lipinski definition) is 3. The molecule has 0 atom stereocenters. The van der Waals surface area contributed by atoms with E-state index < -0.39 is 8.32 Å². The summed E-state index contributed by atoms with van der Waals surface area (Å²) in [6.45, 7) is 14.1. The molecule has 0 aliphatic carbocycles. The molecule has 164 valence electrons. The zero-order valence-corrected chi connectivity index (χ0v) is 21.5. The van der Waals surface area contributed by atoms with Gasteiger partial charge in [-0.15, -0.1) is 11.6 Å². The van der Waals surface area contributed by atoms with Gasteiger partial charge in [-0.3, -0.25) is 0 Å². The van der Waals surface area contributed by atoms with E-state index in [0.29, 0.717) is 24.7 Å². The van der Waals surface area contributed by atoms with Crippen LogP contribution in [0.5, 0.6) is 17.2 Å². The van der Waals surface area contributed by atoms with Gasteiger partial charge < -0.3 is 13.9 Å². The maximum Gasteiger partial charge on any atom is 1.00 e. The third-order valence-corrected chi connectivity index (χ3v) is 10.1. The van der Waals surface area contributed by atoms with Gasteiger partial charge in [-0.1, -0.05) is 94.4 Å². The molecule has 0 fully saturated rings. The first-order valence-electron chi connectivity index (χ1n) is 10.7. The standard InChI is InChI=1S/C27H33O3Si.Li/c1-21-17-24(30-31(5,6)27(2,3)4)18-25(28-19-22-13-9-7-10-14-22)26(21)29-20-23-15-11-8-12-16-23;/h7-16,18H,19-20H2,1-6H3;/q-1;+1. The summed E-state index contributed by atoms with van der Waals surface area (Å²) in [7, 11) is -1.99. The summed E-state index contributed by atoms with van der Waals surface area (Å²) in [4.78, 5) is 0. The van der Waals surface area contributed by atoms with Crippen LogP contribution in [0.3, 0.4) is 0 Å². The van der Waals surface area contributed by atoms with Crippen LogP contribution in [-0.2, 0) is 13.2 Å². The summed E-state index contributed by atoms with van der Waals surface area (Å²) >= 11 is 0. The quantitative estimate of drug-likeness (QED) is 0.385. The maximum absolute atomic E-state index is 6.51. The smallest absolute Gasteiger partial charge is 0.564 e. The molecule has 0 spiro atoms. The molecule has 0 saturated carbocycles. The molecular weight excluding hydrogens is 407 g/mol. The van der Waals surface area contributed by atoms with Crippen molar-refractivity contribution in [2.24, 2.45) is 0 Å². The van der Waals surface area contributed by atoms with E-state index in [-0.39, 0.29) is 23.9 Å².